The van der Waals surface area contributed by atoms with Gasteiger partial charge in [0.15, 0.2) is 0 Å². The highest BCUT2D eigenvalue weighted by atomic mass is 32.2. The predicted octanol–water partition coefficient (Wildman–Crippen LogP) is 2.97. The van der Waals surface area contributed by atoms with E-state index in [-0.39, 0.29) is 23.1 Å². The summed E-state index contributed by atoms with van der Waals surface area (Å²) in [5.41, 5.74) is -3.44. The van der Waals surface area contributed by atoms with Gasteiger partial charge in [0.25, 0.3) is 0 Å². The standard InChI is InChI=1S/C9H7F6NO2S.C6H7NO2S/c1-16-19(17,18)7-3-2-5(8(10,11)12)4-6(7)9(13,14)15;7-10(8,9)6-4-2-1-3-5-6/h2-4,16H,1H3;1-5H,(H2,7,8,9). The molecule has 0 aliphatic heterocycles. The molecule has 0 saturated carbocycles. The summed E-state index contributed by atoms with van der Waals surface area (Å²) in [6, 6.07) is 8.21. The smallest absolute Gasteiger partial charge is 0.225 e. The summed E-state index contributed by atoms with van der Waals surface area (Å²) in [4.78, 5) is -1.11. The van der Waals surface area contributed by atoms with Crippen molar-refractivity contribution in [2.24, 2.45) is 5.14 Å². The molecular formula is C15H14F6N2O4S2. The fraction of sp³-hybridized carbons (Fsp3) is 0.200. The molecule has 2 rings (SSSR count). The SMILES string of the molecule is CNS(=O)(=O)c1ccc(C(F)(F)F)cc1C(F)(F)F.NS(=O)(=O)c1ccccc1. The number of nitrogens with one attached hydrogen (secondary N) is 1. The van der Waals surface area contributed by atoms with Gasteiger partial charge in [-0.25, -0.2) is 26.7 Å². The topological polar surface area (TPSA) is 106 Å². The number of rotatable bonds is 3. The van der Waals surface area contributed by atoms with Gasteiger partial charge < -0.3 is 0 Å². The van der Waals surface area contributed by atoms with E-state index in [1.807, 2.05) is 0 Å². The average molecular weight is 464 g/mol. The number of halogens is 6. The van der Waals surface area contributed by atoms with Crippen molar-refractivity contribution >= 4 is 20.0 Å². The minimum absolute atomic E-state index is 0.148. The van der Waals surface area contributed by atoms with Crippen molar-refractivity contribution in [2.75, 3.05) is 7.05 Å². The molecule has 0 atom stereocenters. The minimum atomic E-state index is -5.22. The molecule has 6 nitrogen and oxygen atoms in total. The van der Waals surface area contributed by atoms with Gasteiger partial charge in [-0.3, -0.25) is 0 Å². The van der Waals surface area contributed by atoms with Gasteiger partial charge in [-0.15, -0.1) is 0 Å². The van der Waals surface area contributed by atoms with E-state index in [1.54, 1.807) is 22.9 Å². The van der Waals surface area contributed by atoms with Crippen LogP contribution in [0.4, 0.5) is 26.3 Å². The third-order valence-corrected chi connectivity index (χ3v) is 5.64. The van der Waals surface area contributed by atoms with Gasteiger partial charge in [-0.2, -0.15) is 26.3 Å². The van der Waals surface area contributed by atoms with Crippen LogP contribution in [-0.4, -0.2) is 23.9 Å². The first-order chi connectivity index (χ1) is 13.0. The Balaban J connectivity index is 0.000000352. The molecule has 0 spiro atoms. The minimum Gasteiger partial charge on any atom is -0.225 e. The van der Waals surface area contributed by atoms with E-state index in [1.165, 1.54) is 12.1 Å². The Morgan fingerprint density at radius 2 is 1.34 bits per heavy atom. The summed E-state index contributed by atoms with van der Waals surface area (Å²) in [7, 11) is -7.16. The molecule has 0 unspecified atom stereocenters. The number of sulfonamides is 2. The van der Waals surface area contributed by atoms with Crippen LogP contribution in [0.15, 0.2) is 58.3 Å². The molecule has 0 aliphatic carbocycles. The van der Waals surface area contributed by atoms with E-state index < -0.39 is 48.4 Å². The van der Waals surface area contributed by atoms with Crippen molar-refractivity contribution in [1.29, 1.82) is 0 Å². The summed E-state index contributed by atoms with van der Waals surface area (Å²) in [6.07, 6.45) is -10.2. The molecule has 0 aromatic heterocycles. The first-order valence-corrected chi connectivity index (χ1v) is 10.3. The fourth-order valence-corrected chi connectivity index (χ4v) is 3.35. The van der Waals surface area contributed by atoms with Crippen molar-refractivity contribution in [2.45, 2.75) is 22.1 Å². The van der Waals surface area contributed by atoms with Gasteiger partial charge in [0.2, 0.25) is 20.0 Å². The predicted molar refractivity (Wildman–Crippen MR) is 90.5 cm³/mol. The van der Waals surface area contributed by atoms with Crippen LogP contribution < -0.4 is 9.86 Å². The lowest BCUT2D eigenvalue weighted by Gasteiger charge is -2.15. The molecular weight excluding hydrogens is 450 g/mol. The van der Waals surface area contributed by atoms with E-state index in [4.69, 9.17) is 5.14 Å². The molecule has 29 heavy (non-hydrogen) atoms. The second-order valence-electron chi connectivity index (χ2n) is 5.27. The van der Waals surface area contributed by atoms with E-state index in [9.17, 15) is 43.2 Å². The van der Waals surface area contributed by atoms with Crippen LogP contribution in [0.25, 0.3) is 0 Å². The van der Waals surface area contributed by atoms with Gasteiger partial charge in [0, 0.05) is 0 Å². The molecule has 0 aliphatic rings. The lowest BCUT2D eigenvalue weighted by Crippen LogP contribution is -2.23. The first kappa shape index (κ1) is 24.9. The Morgan fingerprint density at radius 1 is 0.828 bits per heavy atom. The van der Waals surface area contributed by atoms with Crippen molar-refractivity contribution in [3.05, 3.63) is 59.7 Å². The number of alkyl halides is 6. The van der Waals surface area contributed by atoms with Crippen LogP contribution >= 0.6 is 0 Å². The monoisotopic (exact) mass is 464 g/mol. The van der Waals surface area contributed by atoms with E-state index in [2.05, 4.69) is 0 Å². The maximum Gasteiger partial charge on any atom is 0.417 e. The van der Waals surface area contributed by atoms with Gasteiger partial charge in [0.05, 0.1) is 20.9 Å². The largest absolute Gasteiger partial charge is 0.417 e. The van der Waals surface area contributed by atoms with Crippen molar-refractivity contribution in [1.82, 2.24) is 4.72 Å². The van der Waals surface area contributed by atoms with Crippen LogP contribution in [0.1, 0.15) is 11.1 Å². The van der Waals surface area contributed by atoms with E-state index >= 15 is 0 Å². The Hall–Kier alpha value is -2.16. The molecule has 0 amide bonds. The van der Waals surface area contributed by atoms with Crippen LogP contribution in [0.5, 0.6) is 0 Å². The van der Waals surface area contributed by atoms with Gasteiger partial charge in [-0.05, 0) is 37.4 Å². The number of primary sulfonamides is 1. The maximum absolute atomic E-state index is 12.6. The Kier molecular flexibility index (Phi) is 7.45. The molecule has 2 aromatic carbocycles. The number of nitrogens with two attached hydrogens (primary N) is 1. The summed E-state index contributed by atoms with van der Waals surface area (Å²) >= 11 is 0. The zero-order valence-electron chi connectivity index (χ0n) is 14.4. The molecule has 14 heteroatoms. The molecule has 2 aromatic rings. The number of benzene rings is 2. The summed E-state index contributed by atoms with van der Waals surface area (Å²) in [5.74, 6) is 0. The van der Waals surface area contributed by atoms with E-state index in [0.29, 0.717) is 0 Å². The molecule has 162 valence electrons. The zero-order chi connectivity index (χ0) is 22.7. The van der Waals surface area contributed by atoms with Crippen LogP contribution in [0.3, 0.4) is 0 Å². The quantitative estimate of drug-likeness (QED) is 0.682. The highest BCUT2D eigenvalue weighted by Crippen LogP contribution is 2.38. The second kappa shape index (κ2) is 8.69. The van der Waals surface area contributed by atoms with Crippen molar-refractivity contribution < 1.29 is 43.2 Å². The molecule has 0 fully saturated rings. The third-order valence-electron chi connectivity index (χ3n) is 3.24. The maximum atomic E-state index is 12.6. The normalized spacial score (nSPS) is 12.8. The second-order valence-corrected chi connectivity index (χ2v) is 8.69. The molecule has 3 N–H and O–H groups in total. The Bertz CT molecular complexity index is 1050. The van der Waals surface area contributed by atoms with Crippen molar-refractivity contribution in [3.8, 4) is 0 Å². The number of hydrogen-bond donors (Lipinski definition) is 2. The van der Waals surface area contributed by atoms with Crippen LogP contribution in [0, 0.1) is 0 Å². The molecule has 0 saturated heterocycles. The molecule has 0 bridgehead atoms. The lowest BCUT2D eigenvalue weighted by atomic mass is 10.1. The molecule has 0 heterocycles. The molecule has 0 radical (unpaired) electrons. The van der Waals surface area contributed by atoms with Crippen LogP contribution in [-0.2, 0) is 32.4 Å². The highest BCUT2D eigenvalue weighted by Gasteiger charge is 2.40. The lowest BCUT2D eigenvalue weighted by molar-refractivity contribution is -0.144. The van der Waals surface area contributed by atoms with Crippen molar-refractivity contribution in [3.63, 3.8) is 0 Å². The fourth-order valence-electron chi connectivity index (χ4n) is 1.88. The zero-order valence-corrected chi connectivity index (χ0v) is 16.0. The summed E-state index contributed by atoms with van der Waals surface area (Å²) in [5, 5.41) is 4.83. The average Bonchev–Trinajstić information content (AvgIpc) is 2.60. The summed E-state index contributed by atoms with van der Waals surface area (Å²) in [6.45, 7) is 0. The third kappa shape index (κ3) is 6.99. The first-order valence-electron chi connectivity index (χ1n) is 7.30. The van der Waals surface area contributed by atoms with Gasteiger partial charge >= 0.3 is 12.4 Å². The summed E-state index contributed by atoms with van der Waals surface area (Å²) < 4.78 is 120. The Morgan fingerprint density at radius 3 is 1.69 bits per heavy atom. The highest BCUT2D eigenvalue weighted by molar-refractivity contribution is 7.89. The van der Waals surface area contributed by atoms with Gasteiger partial charge in [-0.1, -0.05) is 18.2 Å². The van der Waals surface area contributed by atoms with Crippen LogP contribution in [0.2, 0.25) is 0 Å². The number of hydrogen-bond acceptors (Lipinski definition) is 4. The van der Waals surface area contributed by atoms with E-state index in [0.717, 1.165) is 7.05 Å². The Labute approximate surface area is 162 Å². The van der Waals surface area contributed by atoms with Gasteiger partial charge in [0.1, 0.15) is 0 Å².